The molecule has 0 aliphatic carbocycles. The first-order valence-electron chi connectivity index (χ1n) is 14.9. The molecule has 0 bridgehead atoms. The molecule has 1 saturated heterocycles. The van der Waals surface area contributed by atoms with Gasteiger partial charge in [0, 0.05) is 18.2 Å². The number of amides is 2. The maximum absolute atomic E-state index is 14.6. The van der Waals surface area contributed by atoms with Crippen molar-refractivity contribution in [2.45, 2.75) is 57.6 Å². The summed E-state index contributed by atoms with van der Waals surface area (Å²) in [7, 11) is -3.40. The summed E-state index contributed by atoms with van der Waals surface area (Å²) in [6.45, 7) is 7.53. The topological polar surface area (TPSA) is 120 Å². The highest BCUT2D eigenvalue weighted by atomic mass is 28.3. The first-order chi connectivity index (χ1) is 21.5. The summed E-state index contributed by atoms with van der Waals surface area (Å²) < 4.78 is 8.97. The first-order valence-corrected chi connectivity index (χ1v) is 16.8. The molecule has 0 radical (unpaired) electrons. The lowest BCUT2D eigenvalue weighted by atomic mass is 10.1. The molecule has 45 heavy (non-hydrogen) atoms. The van der Waals surface area contributed by atoms with Crippen molar-refractivity contribution in [3.8, 4) is 0 Å². The van der Waals surface area contributed by atoms with Crippen LogP contribution in [0, 0.1) is 6.92 Å². The number of rotatable bonds is 7. The lowest BCUT2D eigenvalue weighted by Gasteiger charge is -2.44. The van der Waals surface area contributed by atoms with Crippen molar-refractivity contribution in [3.05, 3.63) is 129 Å². The van der Waals surface area contributed by atoms with Crippen LogP contribution in [0.15, 0.2) is 101 Å². The molecule has 232 valence electrons. The summed E-state index contributed by atoms with van der Waals surface area (Å²) in [4.78, 5) is 59.8. The van der Waals surface area contributed by atoms with Crippen LogP contribution in [0.1, 0.15) is 59.7 Å². The Morgan fingerprint density at radius 2 is 1.36 bits per heavy atom. The predicted molar refractivity (Wildman–Crippen MR) is 170 cm³/mol. The SMILES string of the molecule is Cc1cn([C@H]2CC(O)[C@@H](CON3C(=O)c4ccccc4C3=O)O2)c(=O)n([Si](c2ccccc2)(c2ccccc2)C(C)(C)C)c1=O. The van der Waals surface area contributed by atoms with Gasteiger partial charge in [-0.3, -0.25) is 28.0 Å². The summed E-state index contributed by atoms with van der Waals surface area (Å²) in [6, 6.07) is 25.8. The number of aliphatic hydroxyl groups is 1. The number of hydrogen-bond donors (Lipinski definition) is 1. The zero-order chi connectivity index (χ0) is 32.1. The number of carbonyl (C=O) groups excluding carboxylic acids is 2. The van der Waals surface area contributed by atoms with Crippen molar-refractivity contribution in [1.29, 1.82) is 0 Å². The van der Waals surface area contributed by atoms with Crippen LogP contribution in [0.2, 0.25) is 5.04 Å². The molecule has 6 rings (SSSR count). The Kier molecular flexibility index (Phi) is 7.82. The molecule has 2 aliphatic rings. The van der Waals surface area contributed by atoms with Gasteiger partial charge in [-0.2, -0.15) is 0 Å². The van der Waals surface area contributed by atoms with E-state index in [1.165, 1.54) is 15.0 Å². The number of ether oxygens (including phenoxy) is 1. The van der Waals surface area contributed by atoms with Crippen LogP contribution in [-0.4, -0.2) is 57.8 Å². The van der Waals surface area contributed by atoms with E-state index >= 15 is 0 Å². The average molecular weight is 626 g/mol. The predicted octanol–water partition coefficient (Wildman–Crippen LogP) is 2.60. The molecule has 1 unspecified atom stereocenters. The highest BCUT2D eigenvalue weighted by Gasteiger charge is 2.53. The summed E-state index contributed by atoms with van der Waals surface area (Å²) >= 11 is 0. The maximum Gasteiger partial charge on any atom is 0.325 e. The zero-order valence-corrected chi connectivity index (χ0v) is 26.5. The smallest absolute Gasteiger partial charge is 0.325 e. The molecule has 2 amide bonds. The van der Waals surface area contributed by atoms with Gasteiger partial charge >= 0.3 is 5.69 Å². The van der Waals surface area contributed by atoms with Gasteiger partial charge in [-0.1, -0.05) is 93.6 Å². The van der Waals surface area contributed by atoms with Crippen LogP contribution >= 0.6 is 0 Å². The van der Waals surface area contributed by atoms with Gasteiger partial charge in [0.05, 0.1) is 17.2 Å². The van der Waals surface area contributed by atoms with Crippen molar-refractivity contribution in [3.63, 3.8) is 0 Å². The molecule has 2 aliphatic heterocycles. The Bertz CT molecular complexity index is 1810. The highest BCUT2D eigenvalue weighted by molar-refractivity contribution is 7.03. The first kappa shape index (κ1) is 30.6. The number of aliphatic hydroxyl groups excluding tert-OH is 1. The molecule has 0 spiro atoms. The van der Waals surface area contributed by atoms with Gasteiger partial charge < -0.3 is 9.84 Å². The Balaban J connectivity index is 1.39. The number of hydroxylamine groups is 2. The minimum atomic E-state index is -3.40. The van der Waals surface area contributed by atoms with Gasteiger partial charge in [0.15, 0.2) is 0 Å². The van der Waals surface area contributed by atoms with E-state index < -0.39 is 49.2 Å². The second-order valence-electron chi connectivity index (χ2n) is 12.5. The van der Waals surface area contributed by atoms with Gasteiger partial charge in [0.2, 0.25) is 8.24 Å². The van der Waals surface area contributed by atoms with Gasteiger partial charge in [-0.25, -0.2) is 4.79 Å². The molecule has 0 saturated carbocycles. The molecule has 4 aromatic rings. The van der Waals surface area contributed by atoms with Crippen molar-refractivity contribution < 1.29 is 24.3 Å². The summed E-state index contributed by atoms with van der Waals surface area (Å²) in [5.41, 5.74) is -0.0956. The van der Waals surface area contributed by atoms with Gasteiger partial charge in [0.25, 0.3) is 17.4 Å². The zero-order valence-electron chi connectivity index (χ0n) is 25.5. The molecule has 3 aromatic carbocycles. The van der Waals surface area contributed by atoms with Gasteiger partial charge in [-0.05, 0) is 34.5 Å². The number of aromatic nitrogens is 2. The van der Waals surface area contributed by atoms with Gasteiger partial charge in [0.1, 0.15) is 18.9 Å². The quantitative estimate of drug-likeness (QED) is 0.248. The van der Waals surface area contributed by atoms with Crippen molar-refractivity contribution in [2.75, 3.05) is 6.61 Å². The van der Waals surface area contributed by atoms with E-state index in [0.717, 1.165) is 10.4 Å². The molecule has 3 heterocycles. The molecule has 1 N–H and O–H groups in total. The van der Waals surface area contributed by atoms with Crippen LogP contribution in [0.5, 0.6) is 0 Å². The summed E-state index contributed by atoms with van der Waals surface area (Å²) in [6.07, 6.45) is -1.42. The van der Waals surface area contributed by atoms with E-state index in [2.05, 4.69) is 20.8 Å². The van der Waals surface area contributed by atoms with E-state index in [1.54, 1.807) is 31.2 Å². The van der Waals surface area contributed by atoms with E-state index in [4.69, 9.17) is 9.57 Å². The monoisotopic (exact) mass is 625 g/mol. The normalized spacial score (nSPS) is 20.1. The second kappa shape index (κ2) is 11.5. The number of carbonyl (C=O) groups is 2. The Labute approximate surface area is 261 Å². The maximum atomic E-state index is 14.6. The third-order valence-corrected chi connectivity index (χ3v) is 14.3. The largest absolute Gasteiger partial charge is 0.390 e. The number of imide groups is 1. The van der Waals surface area contributed by atoms with Crippen molar-refractivity contribution in [1.82, 2.24) is 13.9 Å². The third kappa shape index (κ3) is 4.92. The van der Waals surface area contributed by atoms with E-state index in [0.29, 0.717) is 10.6 Å². The third-order valence-electron chi connectivity index (χ3n) is 8.73. The average Bonchev–Trinajstić information content (AvgIpc) is 3.51. The molecule has 11 heteroatoms. The molecule has 10 nitrogen and oxygen atoms in total. The summed E-state index contributed by atoms with van der Waals surface area (Å²) in [5.74, 6) is -1.19. The number of hydrogen-bond acceptors (Lipinski definition) is 7. The molecule has 1 fully saturated rings. The minimum absolute atomic E-state index is 0.0362. The minimum Gasteiger partial charge on any atom is -0.390 e. The number of nitrogens with zero attached hydrogens (tertiary/aromatic N) is 3. The molecule has 1 aromatic heterocycles. The lowest BCUT2D eigenvalue weighted by Crippen LogP contribution is -2.75. The fraction of sp³-hybridized carbons (Fsp3) is 0.294. The highest BCUT2D eigenvalue weighted by Crippen LogP contribution is 2.36. The van der Waals surface area contributed by atoms with Crippen LogP contribution in [0.25, 0.3) is 0 Å². The van der Waals surface area contributed by atoms with Crippen LogP contribution in [0.4, 0.5) is 0 Å². The number of benzene rings is 3. The summed E-state index contributed by atoms with van der Waals surface area (Å²) in [5, 5.41) is 12.9. The van der Waals surface area contributed by atoms with Crippen LogP contribution in [0.3, 0.4) is 0 Å². The van der Waals surface area contributed by atoms with Crippen LogP contribution < -0.4 is 21.6 Å². The Morgan fingerprint density at radius 3 is 1.87 bits per heavy atom. The second-order valence-corrected chi connectivity index (χ2v) is 17.0. The van der Waals surface area contributed by atoms with Gasteiger partial charge in [-0.15, -0.1) is 5.06 Å². The lowest BCUT2D eigenvalue weighted by molar-refractivity contribution is -0.141. The number of aryl methyl sites for hydroxylation is 1. The molecular formula is C34H35N3O7Si. The standard InChI is InChI=1S/C34H35N3O7Si/c1-22-20-35(29-19-27(38)28(44-29)21-43-36-31(40)25-17-11-12-18-26(25)32(36)41)33(42)37(30(22)39)45(34(2,3)4,23-13-7-5-8-14-23)24-15-9-6-10-16-24/h5-18,20,27-29,38H,19,21H2,1-4H3/t27?,28-,29-/m1/s1. The molecule has 3 atom stereocenters. The van der Waals surface area contributed by atoms with E-state index in [9.17, 15) is 24.3 Å². The number of fused-ring (bicyclic) bond motifs is 1. The van der Waals surface area contributed by atoms with Crippen molar-refractivity contribution >= 4 is 30.4 Å². The van der Waals surface area contributed by atoms with Crippen LogP contribution in [-0.2, 0) is 9.57 Å². The Morgan fingerprint density at radius 1 is 0.844 bits per heavy atom. The van der Waals surface area contributed by atoms with E-state index in [-0.39, 0.29) is 29.7 Å². The fourth-order valence-electron chi connectivity index (χ4n) is 6.65. The fourth-order valence-corrected chi connectivity index (χ4v) is 12.1. The molecular weight excluding hydrogens is 590 g/mol. The van der Waals surface area contributed by atoms with Crippen molar-refractivity contribution in [2.24, 2.45) is 0 Å². The Hall–Kier alpha value is -4.42. The van der Waals surface area contributed by atoms with E-state index in [1.807, 2.05) is 60.7 Å².